The SMILES string of the molecule is COc1cc(O[C@H]2O[C@@H](CO)[C@H](O)[C@@H](O)[C@@H]2O)c2c(c1)O[C@H](c1ccc(O)c(OC)c1)[C@@H](O)C2=O. The van der Waals surface area contributed by atoms with Crippen molar-refractivity contribution >= 4 is 5.78 Å². The van der Waals surface area contributed by atoms with E-state index in [2.05, 4.69) is 0 Å². The van der Waals surface area contributed by atoms with Gasteiger partial charge in [-0.1, -0.05) is 6.07 Å². The monoisotopic (exact) mass is 494 g/mol. The first kappa shape index (κ1) is 25.0. The molecule has 0 unspecified atom stereocenters. The van der Waals surface area contributed by atoms with Crippen LogP contribution in [0.25, 0.3) is 0 Å². The van der Waals surface area contributed by atoms with Gasteiger partial charge >= 0.3 is 0 Å². The largest absolute Gasteiger partial charge is 0.504 e. The lowest BCUT2D eigenvalue weighted by Crippen LogP contribution is -2.60. The first-order valence-corrected chi connectivity index (χ1v) is 10.6. The van der Waals surface area contributed by atoms with Gasteiger partial charge in [-0.3, -0.25) is 4.79 Å². The topological polar surface area (TPSA) is 185 Å². The Morgan fingerprint density at radius 1 is 0.943 bits per heavy atom. The molecule has 35 heavy (non-hydrogen) atoms. The first-order chi connectivity index (χ1) is 16.7. The number of ketones is 1. The summed E-state index contributed by atoms with van der Waals surface area (Å²) in [6, 6.07) is 6.94. The summed E-state index contributed by atoms with van der Waals surface area (Å²) in [5, 5.41) is 60.4. The molecule has 0 radical (unpaired) electrons. The van der Waals surface area contributed by atoms with Crippen LogP contribution in [0.15, 0.2) is 30.3 Å². The van der Waals surface area contributed by atoms with E-state index < -0.39 is 55.3 Å². The molecule has 7 atom stereocenters. The van der Waals surface area contributed by atoms with E-state index in [0.717, 1.165) is 0 Å². The molecule has 6 N–H and O–H groups in total. The summed E-state index contributed by atoms with van der Waals surface area (Å²) < 4.78 is 27.3. The van der Waals surface area contributed by atoms with Crippen LogP contribution in [0.3, 0.4) is 0 Å². The number of Topliss-reactive ketones (excluding diaryl/α,β-unsaturated/α-hetero) is 1. The van der Waals surface area contributed by atoms with E-state index in [1.165, 1.54) is 44.6 Å². The van der Waals surface area contributed by atoms with Crippen LogP contribution in [-0.2, 0) is 4.74 Å². The lowest BCUT2D eigenvalue weighted by Gasteiger charge is -2.40. The van der Waals surface area contributed by atoms with E-state index in [1.807, 2.05) is 0 Å². The zero-order valence-corrected chi connectivity index (χ0v) is 18.8. The van der Waals surface area contributed by atoms with Crippen molar-refractivity contribution in [2.24, 2.45) is 0 Å². The quantitative estimate of drug-likeness (QED) is 0.296. The van der Waals surface area contributed by atoms with Crippen molar-refractivity contribution in [1.29, 1.82) is 0 Å². The number of phenols is 1. The molecule has 2 aliphatic heterocycles. The molecule has 0 spiro atoms. The maximum Gasteiger partial charge on any atom is 0.229 e. The molecule has 2 aromatic rings. The van der Waals surface area contributed by atoms with E-state index in [0.29, 0.717) is 5.56 Å². The average Bonchev–Trinajstić information content (AvgIpc) is 2.86. The lowest BCUT2D eigenvalue weighted by atomic mass is 9.92. The van der Waals surface area contributed by atoms with Crippen LogP contribution in [0, 0.1) is 0 Å². The molecule has 0 aliphatic carbocycles. The second-order valence-electron chi connectivity index (χ2n) is 8.09. The Kier molecular flexibility index (Phi) is 7.03. The van der Waals surface area contributed by atoms with E-state index >= 15 is 0 Å². The van der Waals surface area contributed by atoms with Crippen LogP contribution < -0.4 is 18.9 Å². The maximum absolute atomic E-state index is 13.2. The fraction of sp³-hybridized carbons (Fsp3) is 0.435. The summed E-state index contributed by atoms with van der Waals surface area (Å²) in [5.41, 5.74) is 0.183. The average molecular weight is 494 g/mol. The third kappa shape index (κ3) is 4.47. The number of aromatic hydroxyl groups is 1. The third-order valence-electron chi connectivity index (χ3n) is 5.95. The van der Waals surface area contributed by atoms with Gasteiger partial charge in [0.15, 0.2) is 23.7 Å². The molecule has 2 aliphatic rings. The number of hydrogen-bond donors (Lipinski definition) is 6. The number of rotatable bonds is 6. The van der Waals surface area contributed by atoms with Crippen molar-refractivity contribution in [3.05, 3.63) is 41.5 Å². The highest BCUT2D eigenvalue weighted by Gasteiger charge is 2.46. The number of aliphatic hydroxyl groups excluding tert-OH is 5. The standard InChI is InChI=1S/C23H26O12/c1-31-10-6-13-16(14(7-10)34-23-21(30)19(28)17(26)15(8-24)35-23)18(27)20(29)22(33-13)9-3-4-11(25)12(5-9)32-2/h3-7,15,17,19-26,28-30H,8H2,1-2H3/t15-,17-,19+,20-,21-,22+,23-/m0/s1. The Labute approximate surface area is 199 Å². The maximum atomic E-state index is 13.2. The molecule has 2 heterocycles. The molecule has 0 aromatic heterocycles. The fourth-order valence-electron chi connectivity index (χ4n) is 4.01. The number of carbonyl (C=O) groups excluding carboxylic acids is 1. The van der Waals surface area contributed by atoms with Crippen molar-refractivity contribution in [2.75, 3.05) is 20.8 Å². The van der Waals surface area contributed by atoms with Crippen molar-refractivity contribution in [3.8, 4) is 28.7 Å². The molecule has 1 fully saturated rings. The predicted octanol–water partition coefficient (Wildman–Crippen LogP) is -0.735. The number of hydrogen-bond acceptors (Lipinski definition) is 12. The van der Waals surface area contributed by atoms with E-state index in [1.54, 1.807) is 0 Å². The molecule has 1 saturated heterocycles. The highest BCUT2D eigenvalue weighted by molar-refractivity contribution is 6.05. The van der Waals surface area contributed by atoms with Gasteiger partial charge in [-0.25, -0.2) is 0 Å². The van der Waals surface area contributed by atoms with Crippen LogP contribution >= 0.6 is 0 Å². The molecule has 12 nitrogen and oxygen atoms in total. The van der Waals surface area contributed by atoms with Gasteiger partial charge in [0.05, 0.1) is 20.8 Å². The number of ether oxygens (including phenoxy) is 5. The molecule has 4 rings (SSSR count). The van der Waals surface area contributed by atoms with Gasteiger partial charge in [0.1, 0.15) is 47.2 Å². The molecule has 190 valence electrons. The first-order valence-electron chi connectivity index (χ1n) is 10.6. The molecular formula is C23H26O12. The Morgan fingerprint density at radius 3 is 2.34 bits per heavy atom. The minimum atomic E-state index is -1.73. The van der Waals surface area contributed by atoms with Crippen LogP contribution in [0.4, 0.5) is 0 Å². The van der Waals surface area contributed by atoms with E-state index in [4.69, 9.17) is 23.7 Å². The number of fused-ring (bicyclic) bond motifs is 1. The van der Waals surface area contributed by atoms with E-state index in [-0.39, 0.29) is 34.3 Å². The molecular weight excluding hydrogens is 468 g/mol. The summed E-state index contributed by atoms with van der Waals surface area (Å²) in [4.78, 5) is 13.2. The van der Waals surface area contributed by atoms with Gasteiger partial charge in [0.25, 0.3) is 0 Å². The lowest BCUT2D eigenvalue weighted by molar-refractivity contribution is -0.277. The minimum Gasteiger partial charge on any atom is -0.504 e. The number of carbonyl (C=O) groups is 1. The summed E-state index contributed by atoms with van der Waals surface area (Å²) >= 11 is 0. The van der Waals surface area contributed by atoms with E-state index in [9.17, 15) is 35.4 Å². The number of phenolic OH excluding ortho intramolecular Hbond substituents is 1. The molecule has 12 heteroatoms. The molecule has 2 aromatic carbocycles. The molecule has 0 saturated carbocycles. The van der Waals surface area contributed by atoms with Crippen LogP contribution in [0.5, 0.6) is 28.7 Å². The van der Waals surface area contributed by atoms with Gasteiger partial charge in [-0.05, 0) is 17.7 Å². The Bertz CT molecular complexity index is 1090. The Hall–Kier alpha value is -3.13. The summed E-state index contributed by atoms with van der Waals surface area (Å²) in [5.74, 6) is -0.773. The Morgan fingerprint density at radius 2 is 1.69 bits per heavy atom. The number of aliphatic hydroxyl groups is 5. The smallest absolute Gasteiger partial charge is 0.229 e. The van der Waals surface area contributed by atoms with Gasteiger partial charge < -0.3 is 54.3 Å². The molecule has 0 bridgehead atoms. The van der Waals surface area contributed by atoms with Crippen LogP contribution in [0.2, 0.25) is 0 Å². The predicted molar refractivity (Wildman–Crippen MR) is 116 cm³/mol. The van der Waals surface area contributed by atoms with Gasteiger partial charge in [-0.15, -0.1) is 0 Å². The van der Waals surface area contributed by atoms with Crippen LogP contribution in [-0.4, -0.2) is 94.1 Å². The zero-order chi connectivity index (χ0) is 25.4. The van der Waals surface area contributed by atoms with Crippen molar-refractivity contribution in [3.63, 3.8) is 0 Å². The summed E-state index contributed by atoms with van der Waals surface area (Å²) in [7, 11) is 2.71. The van der Waals surface area contributed by atoms with Crippen molar-refractivity contribution in [2.45, 2.75) is 42.9 Å². The third-order valence-corrected chi connectivity index (χ3v) is 5.95. The highest BCUT2D eigenvalue weighted by atomic mass is 16.7. The van der Waals surface area contributed by atoms with Gasteiger partial charge in [-0.2, -0.15) is 0 Å². The molecule has 0 amide bonds. The van der Waals surface area contributed by atoms with Gasteiger partial charge in [0, 0.05) is 12.1 Å². The second kappa shape index (κ2) is 9.85. The Balaban J connectivity index is 1.71. The van der Waals surface area contributed by atoms with Crippen molar-refractivity contribution in [1.82, 2.24) is 0 Å². The minimum absolute atomic E-state index is 0.00344. The summed E-state index contributed by atoms with van der Waals surface area (Å²) in [6.07, 6.45) is -10.7. The fourth-order valence-corrected chi connectivity index (χ4v) is 4.01. The summed E-state index contributed by atoms with van der Waals surface area (Å²) in [6.45, 7) is -0.667. The highest BCUT2D eigenvalue weighted by Crippen LogP contribution is 2.44. The number of methoxy groups -OCH3 is 2. The van der Waals surface area contributed by atoms with Gasteiger partial charge in [0.2, 0.25) is 12.1 Å². The number of benzene rings is 2. The zero-order valence-electron chi connectivity index (χ0n) is 18.8. The van der Waals surface area contributed by atoms with Crippen LogP contribution in [0.1, 0.15) is 22.0 Å². The van der Waals surface area contributed by atoms with Crippen molar-refractivity contribution < 1.29 is 59.1 Å². The second-order valence-corrected chi connectivity index (χ2v) is 8.09. The normalized spacial score (nSPS) is 30.3.